The second kappa shape index (κ2) is 6.78. The second-order valence-corrected chi connectivity index (χ2v) is 5.31. The zero-order valence-electron chi connectivity index (χ0n) is 12.8. The minimum absolute atomic E-state index is 0.737. The first-order chi connectivity index (χ1) is 8.58. The first-order valence-electron chi connectivity index (χ1n) is 7.32. The van der Waals surface area contributed by atoms with E-state index in [1.54, 1.807) is 0 Å². The summed E-state index contributed by atoms with van der Waals surface area (Å²) in [5, 5.41) is 0. The molecule has 1 aromatic carbocycles. The molecule has 1 aromatic rings. The van der Waals surface area contributed by atoms with Crippen molar-refractivity contribution in [1.29, 1.82) is 0 Å². The van der Waals surface area contributed by atoms with Gasteiger partial charge in [0.25, 0.3) is 0 Å². The summed E-state index contributed by atoms with van der Waals surface area (Å²) in [6, 6.07) is 4.69. The molecule has 1 saturated carbocycles. The molecule has 1 atom stereocenters. The van der Waals surface area contributed by atoms with Gasteiger partial charge in [-0.1, -0.05) is 38.1 Å². The van der Waals surface area contributed by atoms with Crippen molar-refractivity contribution >= 4 is 0 Å². The fourth-order valence-electron chi connectivity index (χ4n) is 2.74. The van der Waals surface area contributed by atoms with Gasteiger partial charge in [0, 0.05) is 0 Å². The molecule has 2 rings (SSSR count). The van der Waals surface area contributed by atoms with Crippen molar-refractivity contribution < 1.29 is 0 Å². The zero-order chi connectivity index (χ0) is 13.7. The molecule has 0 nitrogen and oxygen atoms in total. The summed E-state index contributed by atoms with van der Waals surface area (Å²) in [6.07, 6.45) is 5.12. The SMILES string of the molecule is C=C1CCCC1Cc1cc(C)c(C)cc1C.CC. The summed E-state index contributed by atoms with van der Waals surface area (Å²) in [7, 11) is 0. The van der Waals surface area contributed by atoms with Gasteiger partial charge in [0.2, 0.25) is 0 Å². The maximum Gasteiger partial charge on any atom is -0.0165 e. The Labute approximate surface area is 113 Å². The summed E-state index contributed by atoms with van der Waals surface area (Å²) in [6.45, 7) is 14.8. The van der Waals surface area contributed by atoms with E-state index in [1.165, 1.54) is 53.5 Å². The molecule has 1 fully saturated rings. The highest BCUT2D eigenvalue weighted by molar-refractivity contribution is 5.37. The van der Waals surface area contributed by atoms with Crippen LogP contribution in [-0.2, 0) is 6.42 Å². The van der Waals surface area contributed by atoms with E-state index >= 15 is 0 Å². The molecule has 0 heteroatoms. The van der Waals surface area contributed by atoms with E-state index in [1.807, 2.05) is 13.8 Å². The molecule has 1 aliphatic rings. The third-order valence-electron chi connectivity index (χ3n) is 4.05. The van der Waals surface area contributed by atoms with E-state index in [4.69, 9.17) is 0 Å². The summed E-state index contributed by atoms with van der Waals surface area (Å²) < 4.78 is 0. The van der Waals surface area contributed by atoms with Crippen molar-refractivity contribution in [2.24, 2.45) is 5.92 Å². The Morgan fingerprint density at radius 3 is 2.22 bits per heavy atom. The maximum absolute atomic E-state index is 4.20. The summed E-state index contributed by atoms with van der Waals surface area (Å²) in [5.74, 6) is 0.737. The topological polar surface area (TPSA) is 0 Å². The summed E-state index contributed by atoms with van der Waals surface area (Å²) in [4.78, 5) is 0. The minimum Gasteiger partial charge on any atom is -0.0996 e. The Hall–Kier alpha value is -1.04. The van der Waals surface area contributed by atoms with Gasteiger partial charge in [0.05, 0.1) is 0 Å². The van der Waals surface area contributed by atoms with Crippen LogP contribution in [0.15, 0.2) is 24.3 Å². The number of hydrogen-bond donors (Lipinski definition) is 0. The molecule has 100 valence electrons. The molecule has 0 bridgehead atoms. The Kier molecular flexibility index (Phi) is 5.65. The monoisotopic (exact) mass is 244 g/mol. The van der Waals surface area contributed by atoms with E-state index in [-0.39, 0.29) is 0 Å². The molecule has 0 heterocycles. The van der Waals surface area contributed by atoms with Crippen LogP contribution < -0.4 is 0 Å². The van der Waals surface area contributed by atoms with E-state index in [2.05, 4.69) is 39.5 Å². The Bertz CT molecular complexity index is 412. The van der Waals surface area contributed by atoms with Crippen molar-refractivity contribution in [3.05, 3.63) is 46.5 Å². The standard InChI is InChI=1S/C16H22.C2H6/c1-11-6-5-7-15(11)10-16-9-13(3)12(2)8-14(16)4;1-2/h8-9,15H,1,5-7,10H2,2-4H3;1-2H3. The van der Waals surface area contributed by atoms with Gasteiger partial charge in [-0.2, -0.15) is 0 Å². The lowest BCUT2D eigenvalue weighted by atomic mass is 9.90. The Balaban J connectivity index is 0.000000771. The fraction of sp³-hybridized carbons (Fsp3) is 0.556. The van der Waals surface area contributed by atoms with Gasteiger partial charge in [0.15, 0.2) is 0 Å². The molecular formula is C18H28. The highest BCUT2D eigenvalue weighted by atomic mass is 14.2. The van der Waals surface area contributed by atoms with Crippen LogP contribution in [0.4, 0.5) is 0 Å². The molecule has 0 saturated heterocycles. The van der Waals surface area contributed by atoms with Crippen molar-refractivity contribution in [3.8, 4) is 0 Å². The second-order valence-electron chi connectivity index (χ2n) is 5.31. The molecule has 1 aliphatic carbocycles. The molecule has 18 heavy (non-hydrogen) atoms. The number of allylic oxidation sites excluding steroid dienone is 1. The first kappa shape index (κ1) is 15.0. The van der Waals surface area contributed by atoms with Crippen molar-refractivity contribution in [2.75, 3.05) is 0 Å². The van der Waals surface area contributed by atoms with Gasteiger partial charge in [-0.25, -0.2) is 0 Å². The van der Waals surface area contributed by atoms with Crippen LogP contribution in [-0.4, -0.2) is 0 Å². The lowest BCUT2D eigenvalue weighted by molar-refractivity contribution is 0.623. The van der Waals surface area contributed by atoms with Crippen LogP contribution in [0.2, 0.25) is 0 Å². The third-order valence-corrected chi connectivity index (χ3v) is 4.05. The normalized spacial score (nSPS) is 18.5. The predicted octanol–water partition coefficient (Wildman–Crippen LogP) is 5.54. The average molecular weight is 244 g/mol. The highest BCUT2D eigenvalue weighted by Gasteiger charge is 2.20. The van der Waals surface area contributed by atoms with Crippen LogP contribution in [0.25, 0.3) is 0 Å². The van der Waals surface area contributed by atoms with E-state index in [9.17, 15) is 0 Å². The smallest absolute Gasteiger partial charge is 0.0165 e. The maximum atomic E-state index is 4.20. The average Bonchev–Trinajstić information content (AvgIpc) is 2.75. The van der Waals surface area contributed by atoms with Gasteiger partial charge in [-0.05, 0) is 74.6 Å². The molecule has 0 aliphatic heterocycles. The predicted molar refractivity (Wildman–Crippen MR) is 82.2 cm³/mol. The van der Waals surface area contributed by atoms with Gasteiger partial charge in [0.1, 0.15) is 0 Å². The van der Waals surface area contributed by atoms with Crippen molar-refractivity contribution in [1.82, 2.24) is 0 Å². The van der Waals surface area contributed by atoms with E-state index in [0.29, 0.717) is 0 Å². The zero-order valence-corrected chi connectivity index (χ0v) is 12.8. The highest BCUT2D eigenvalue weighted by Crippen LogP contribution is 2.33. The number of aryl methyl sites for hydroxylation is 3. The molecule has 1 unspecified atom stereocenters. The quantitative estimate of drug-likeness (QED) is 0.599. The van der Waals surface area contributed by atoms with Crippen LogP contribution in [0.5, 0.6) is 0 Å². The van der Waals surface area contributed by atoms with Crippen LogP contribution in [0.1, 0.15) is 55.4 Å². The van der Waals surface area contributed by atoms with Crippen LogP contribution in [0, 0.1) is 26.7 Å². The van der Waals surface area contributed by atoms with Crippen molar-refractivity contribution in [3.63, 3.8) is 0 Å². The number of rotatable bonds is 2. The molecular weight excluding hydrogens is 216 g/mol. The first-order valence-corrected chi connectivity index (χ1v) is 7.32. The summed E-state index contributed by atoms with van der Waals surface area (Å²) in [5.41, 5.74) is 7.27. The lowest BCUT2D eigenvalue weighted by Gasteiger charge is -2.15. The third kappa shape index (κ3) is 3.48. The van der Waals surface area contributed by atoms with Gasteiger partial charge in [-0.3, -0.25) is 0 Å². The van der Waals surface area contributed by atoms with Crippen LogP contribution in [0.3, 0.4) is 0 Å². The lowest BCUT2D eigenvalue weighted by Crippen LogP contribution is -2.03. The van der Waals surface area contributed by atoms with E-state index in [0.717, 1.165) is 5.92 Å². The minimum atomic E-state index is 0.737. The molecule has 0 aromatic heterocycles. The summed E-state index contributed by atoms with van der Waals surface area (Å²) >= 11 is 0. The molecule has 0 radical (unpaired) electrons. The Morgan fingerprint density at radius 1 is 1.06 bits per heavy atom. The molecule has 0 spiro atoms. The van der Waals surface area contributed by atoms with E-state index < -0.39 is 0 Å². The number of benzene rings is 1. The number of hydrogen-bond acceptors (Lipinski definition) is 0. The van der Waals surface area contributed by atoms with Gasteiger partial charge >= 0.3 is 0 Å². The fourth-order valence-corrected chi connectivity index (χ4v) is 2.74. The largest absolute Gasteiger partial charge is 0.0996 e. The Morgan fingerprint density at radius 2 is 1.67 bits per heavy atom. The van der Waals surface area contributed by atoms with Gasteiger partial charge < -0.3 is 0 Å². The molecule has 0 N–H and O–H groups in total. The molecule has 0 amide bonds. The van der Waals surface area contributed by atoms with Gasteiger partial charge in [-0.15, -0.1) is 0 Å². The van der Waals surface area contributed by atoms with Crippen LogP contribution >= 0.6 is 0 Å². The van der Waals surface area contributed by atoms with Crippen molar-refractivity contribution in [2.45, 2.75) is 60.3 Å².